The number of rotatable bonds is 6. The minimum absolute atomic E-state index is 0.0633. The summed E-state index contributed by atoms with van der Waals surface area (Å²) in [5.41, 5.74) is 0.792. The highest BCUT2D eigenvalue weighted by Gasteiger charge is 2.30. The zero-order valence-corrected chi connectivity index (χ0v) is 15.4. The molecule has 0 saturated carbocycles. The second-order valence-electron chi connectivity index (χ2n) is 6.39. The van der Waals surface area contributed by atoms with Crippen LogP contribution < -0.4 is 5.32 Å². The van der Waals surface area contributed by atoms with Gasteiger partial charge in [0.25, 0.3) is 5.91 Å². The molecule has 1 amide bonds. The average Bonchev–Trinajstić information content (AvgIpc) is 3.17. The van der Waals surface area contributed by atoms with Crippen molar-refractivity contribution in [1.29, 1.82) is 0 Å². The van der Waals surface area contributed by atoms with Crippen LogP contribution in [0.3, 0.4) is 0 Å². The Labute approximate surface area is 157 Å². The van der Waals surface area contributed by atoms with Crippen LogP contribution in [0.25, 0.3) is 0 Å². The Balaban J connectivity index is 1.70. The molecule has 5 nitrogen and oxygen atoms in total. The third-order valence-electron chi connectivity index (χ3n) is 4.46. The predicted molar refractivity (Wildman–Crippen MR) is 96.8 cm³/mol. The van der Waals surface area contributed by atoms with Crippen LogP contribution in [0, 0.1) is 11.6 Å². The fourth-order valence-corrected chi connectivity index (χ4v) is 4.63. The molecule has 1 N–H and O–H groups in total. The molecule has 0 radical (unpaired) electrons. The van der Waals surface area contributed by atoms with E-state index in [0.29, 0.717) is 19.5 Å². The minimum Gasteiger partial charge on any atom is -0.352 e. The Morgan fingerprint density at radius 1 is 1.07 bits per heavy atom. The van der Waals surface area contributed by atoms with Crippen molar-refractivity contribution < 1.29 is 22.0 Å². The fraction of sp³-hybridized carbons (Fsp3) is 0.316. The molecule has 8 heteroatoms. The second kappa shape index (κ2) is 8.14. The van der Waals surface area contributed by atoms with Crippen LogP contribution in [0.15, 0.2) is 47.4 Å². The molecule has 0 atom stereocenters. The number of sulfonamides is 1. The first kappa shape index (κ1) is 19.4. The van der Waals surface area contributed by atoms with E-state index < -0.39 is 26.6 Å². The van der Waals surface area contributed by atoms with Gasteiger partial charge in [-0.05, 0) is 55.2 Å². The van der Waals surface area contributed by atoms with E-state index in [-0.39, 0.29) is 17.9 Å². The Hall–Kier alpha value is -2.32. The number of nitrogens with zero attached hydrogens (tertiary/aromatic N) is 1. The summed E-state index contributed by atoms with van der Waals surface area (Å²) in [6.45, 7) is 0.950. The van der Waals surface area contributed by atoms with E-state index in [0.717, 1.165) is 30.5 Å². The van der Waals surface area contributed by atoms with Crippen molar-refractivity contribution in [2.45, 2.75) is 24.2 Å². The molecule has 0 bridgehead atoms. The molecule has 1 saturated heterocycles. The van der Waals surface area contributed by atoms with Crippen LogP contribution in [-0.4, -0.2) is 38.3 Å². The molecule has 144 valence electrons. The second-order valence-corrected chi connectivity index (χ2v) is 8.30. The molecule has 1 aliphatic heterocycles. The molecule has 0 spiro atoms. The molecule has 1 heterocycles. The summed E-state index contributed by atoms with van der Waals surface area (Å²) in [5, 5.41) is 2.64. The number of hydrogen-bond acceptors (Lipinski definition) is 3. The number of carbonyl (C=O) groups excluding carboxylic acids is 1. The van der Waals surface area contributed by atoms with Crippen molar-refractivity contribution in [3.8, 4) is 0 Å². The summed E-state index contributed by atoms with van der Waals surface area (Å²) in [6, 6.07) is 9.35. The summed E-state index contributed by atoms with van der Waals surface area (Å²) in [7, 11) is -3.96. The van der Waals surface area contributed by atoms with Crippen LogP contribution in [0.4, 0.5) is 8.78 Å². The number of halogens is 2. The monoisotopic (exact) mass is 394 g/mol. The normalized spacial score (nSPS) is 15.0. The van der Waals surface area contributed by atoms with Crippen molar-refractivity contribution in [1.82, 2.24) is 9.62 Å². The number of hydrogen-bond donors (Lipinski definition) is 1. The first-order valence-corrected chi connectivity index (χ1v) is 10.1. The van der Waals surface area contributed by atoms with Gasteiger partial charge in [0.1, 0.15) is 16.5 Å². The first-order chi connectivity index (χ1) is 12.9. The van der Waals surface area contributed by atoms with E-state index in [1.165, 1.54) is 22.5 Å². The van der Waals surface area contributed by atoms with Gasteiger partial charge in [-0.1, -0.05) is 12.1 Å². The zero-order valence-electron chi connectivity index (χ0n) is 14.6. The van der Waals surface area contributed by atoms with Gasteiger partial charge >= 0.3 is 0 Å². The summed E-state index contributed by atoms with van der Waals surface area (Å²) >= 11 is 0. The summed E-state index contributed by atoms with van der Waals surface area (Å²) in [6.07, 6.45) is 1.89. The lowest BCUT2D eigenvalue weighted by Crippen LogP contribution is -2.30. The Morgan fingerprint density at radius 3 is 2.52 bits per heavy atom. The van der Waals surface area contributed by atoms with E-state index in [1.807, 2.05) is 0 Å². The van der Waals surface area contributed by atoms with Gasteiger partial charge in [0.15, 0.2) is 0 Å². The van der Waals surface area contributed by atoms with Gasteiger partial charge in [-0.3, -0.25) is 4.79 Å². The lowest BCUT2D eigenvalue weighted by atomic mass is 10.1. The summed E-state index contributed by atoms with van der Waals surface area (Å²) < 4.78 is 53.7. The number of nitrogens with one attached hydrogen (secondary N) is 1. The lowest BCUT2D eigenvalue weighted by Gasteiger charge is -2.16. The van der Waals surface area contributed by atoms with Gasteiger partial charge in [0.2, 0.25) is 10.0 Å². The number of amides is 1. The summed E-state index contributed by atoms with van der Waals surface area (Å²) in [4.78, 5) is 11.8. The third-order valence-corrected chi connectivity index (χ3v) is 6.38. The molecule has 0 unspecified atom stereocenters. The van der Waals surface area contributed by atoms with E-state index in [9.17, 15) is 22.0 Å². The average molecular weight is 394 g/mol. The van der Waals surface area contributed by atoms with Crippen LogP contribution in [-0.2, 0) is 16.4 Å². The van der Waals surface area contributed by atoms with E-state index >= 15 is 0 Å². The van der Waals surface area contributed by atoms with Crippen molar-refractivity contribution in [2.75, 3.05) is 19.6 Å². The molecule has 2 aromatic rings. The van der Waals surface area contributed by atoms with E-state index in [2.05, 4.69) is 5.32 Å². The maximum atomic E-state index is 14.1. The molecular weight excluding hydrogens is 374 g/mol. The van der Waals surface area contributed by atoms with E-state index in [4.69, 9.17) is 0 Å². The lowest BCUT2D eigenvalue weighted by molar-refractivity contribution is 0.0954. The maximum absolute atomic E-state index is 14.1. The predicted octanol–water partition coefficient (Wildman–Crippen LogP) is 2.72. The van der Waals surface area contributed by atoms with Crippen molar-refractivity contribution in [3.05, 3.63) is 65.2 Å². The Kier molecular flexibility index (Phi) is 5.86. The first-order valence-electron chi connectivity index (χ1n) is 8.70. The number of benzene rings is 2. The molecule has 1 aliphatic rings. The molecule has 0 aliphatic carbocycles. The van der Waals surface area contributed by atoms with Gasteiger partial charge in [-0.25, -0.2) is 17.2 Å². The quantitative estimate of drug-likeness (QED) is 0.819. The number of carbonyl (C=O) groups is 1. The highest BCUT2D eigenvalue weighted by atomic mass is 32.2. The van der Waals surface area contributed by atoms with E-state index in [1.54, 1.807) is 12.1 Å². The SMILES string of the molecule is O=C(NCCc1cccc(F)c1)c1ccc(F)c(S(=O)(=O)N2CCCC2)c1. The van der Waals surface area contributed by atoms with Crippen molar-refractivity contribution in [3.63, 3.8) is 0 Å². The van der Waals surface area contributed by atoms with Gasteiger partial charge < -0.3 is 5.32 Å². The Morgan fingerprint density at radius 2 is 1.81 bits per heavy atom. The standard InChI is InChI=1S/C19H20F2N2O3S/c20-16-5-3-4-14(12-16)8-9-22-19(24)15-6-7-17(21)18(13-15)27(25,26)23-10-1-2-11-23/h3-7,12-13H,1-2,8-11H2,(H,22,24). The minimum atomic E-state index is -3.96. The topological polar surface area (TPSA) is 66.5 Å². The molecule has 3 rings (SSSR count). The molecule has 1 fully saturated rings. The van der Waals surface area contributed by atoms with Gasteiger partial charge in [0.05, 0.1) is 0 Å². The van der Waals surface area contributed by atoms with Crippen LogP contribution in [0.5, 0.6) is 0 Å². The maximum Gasteiger partial charge on any atom is 0.251 e. The van der Waals surface area contributed by atoms with Gasteiger partial charge in [-0.15, -0.1) is 0 Å². The highest BCUT2D eigenvalue weighted by Crippen LogP contribution is 2.24. The van der Waals surface area contributed by atoms with Crippen LogP contribution in [0.2, 0.25) is 0 Å². The van der Waals surface area contributed by atoms with Crippen molar-refractivity contribution >= 4 is 15.9 Å². The van der Waals surface area contributed by atoms with Crippen LogP contribution >= 0.6 is 0 Å². The Bertz CT molecular complexity index is 942. The third kappa shape index (κ3) is 4.51. The molecular formula is C19H20F2N2O3S. The molecule has 2 aromatic carbocycles. The smallest absolute Gasteiger partial charge is 0.251 e. The van der Waals surface area contributed by atoms with Gasteiger partial charge in [0, 0.05) is 25.2 Å². The van der Waals surface area contributed by atoms with Crippen LogP contribution in [0.1, 0.15) is 28.8 Å². The van der Waals surface area contributed by atoms with Crippen molar-refractivity contribution in [2.24, 2.45) is 0 Å². The van der Waals surface area contributed by atoms with Gasteiger partial charge in [-0.2, -0.15) is 4.31 Å². The molecule has 0 aromatic heterocycles. The zero-order chi connectivity index (χ0) is 19.4. The summed E-state index contributed by atoms with van der Waals surface area (Å²) in [5.74, 6) is -1.74. The highest BCUT2D eigenvalue weighted by molar-refractivity contribution is 7.89. The molecule has 27 heavy (non-hydrogen) atoms. The fourth-order valence-electron chi connectivity index (χ4n) is 3.02. The largest absolute Gasteiger partial charge is 0.352 e.